The molecule has 1 aromatic carbocycles. The number of benzene rings is 1. The maximum atomic E-state index is 10.2. The highest BCUT2D eigenvalue weighted by molar-refractivity contribution is 7.15. The number of carbonyl (C=O) groups is 2. The van der Waals surface area contributed by atoms with Gasteiger partial charge >= 0.3 is 0 Å². The summed E-state index contributed by atoms with van der Waals surface area (Å²) < 4.78 is 7.68. The van der Waals surface area contributed by atoms with Crippen molar-refractivity contribution in [2.45, 2.75) is 80.4 Å². The second-order valence-corrected chi connectivity index (χ2v) is 12.0. The molecule has 0 atom stereocenters. The predicted octanol–water partition coefficient (Wildman–Crippen LogP) is 6.17. The fraction of sp³-hybridized carbons (Fsp3) is 0.483. The van der Waals surface area contributed by atoms with Gasteiger partial charge in [-0.1, -0.05) is 37.6 Å². The molecule has 1 amide bonds. The van der Waals surface area contributed by atoms with Crippen LogP contribution < -0.4 is 5.73 Å². The van der Waals surface area contributed by atoms with Crippen LogP contribution in [0.4, 0.5) is 0 Å². The third-order valence-corrected chi connectivity index (χ3v) is 7.40. The van der Waals surface area contributed by atoms with Crippen LogP contribution in [0, 0.1) is 26.7 Å². The van der Waals surface area contributed by atoms with Crippen molar-refractivity contribution < 1.29 is 14.3 Å². The van der Waals surface area contributed by atoms with Crippen LogP contribution in [0.15, 0.2) is 29.3 Å². The van der Waals surface area contributed by atoms with Gasteiger partial charge in [0.05, 0.1) is 11.3 Å². The van der Waals surface area contributed by atoms with E-state index in [0.717, 1.165) is 52.3 Å². The van der Waals surface area contributed by atoms with Crippen molar-refractivity contribution in [1.29, 1.82) is 0 Å². The van der Waals surface area contributed by atoms with Crippen LogP contribution in [0.1, 0.15) is 80.7 Å². The Morgan fingerprint density at radius 1 is 1.21 bits per heavy atom. The second-order valence-electron chi connectivity index (χ2n) is 10.4. The van der Waals surface area contributed by atoms with Crippen molar-refractivity contribution >= 4 is 40.8 Å². The molecular formula is C29H40ClN5O3S. The van der Waals surface area contributed by atoms with Crippen LogP contribution in [0.2, 0.25) is 5.02 Å². The number of aliphatic imine (C=N–C) groups is 1. The third kappa shape index (κ3) is 9.37. The van der Waals surface area contributed by atoms with E-state index < -0.39 is 0 Å². The minimum Gasteiger partial charge on any atom is -0.375 e. The van der Waals surface area contributed by atoms with Gasteiger partial charge in [-0.15, -0.1) is 21.5 Å². The number of hydrogen-bond acceptors (Lipinski definition) is 7. The summed E-state index contributed by atoms with van der Waals surface area (Å²) in [4.78, 5) is 25.6. The minimum atomic E-state index is -0.333. The van der Waals surface area contributed by atoms with E-state index in [1.54, 1.807) is 11.3 Å². The zero-order chi connectivity index (χ0) is 29.3. The molecule has 10 heteroatoms. The molecule has 212 valence electrons. The number of aromatic nitrogens is 3. The quantitative estimate of drug-likeness (QED) is 0.340. The van der Waals surface area contributed by atoms with Gasteiger partial charge in [0.15, 0.2) is 5.82 Å². The van der Waals surface area contributed by atoms with Crippen molar-refractivity contribution in [1.82, 2.24) is 14.8 Å². The molecule has 2 aromatic heterocycles. The predicted molar refractivity (Wildman–Crippen MR) is 159 cm³/mol. The molecule has 39 heavy (non-hydrogen) atoms. The van der Waals surface area contributed by atoms with Crippen LogP contribution in [0.3, 0.4) is 0 Å². The average Bonchev–Trinajstić information content (AvgIpc) is 3.27. The van der Waals surface area contributed by atoms with Gasteiger partial charge in [-0.05, 0) is 64.7 Å². The lowest BCUT2D eigenvalue weighted by Gasteiger charge is -2.23. The SMILES string of the molecule is CC(C)CCOC(C)(C)CC=O.CC(N)=O.Cc1sc2c(c1C)C(c1ccc(Cl)cc1)=NCc1nnc(C)n1-2. The van der Waals surface area contributed by atoms with E-state index in [2.05, 4.69) is 48.2 Å². The Bertz CT molecular complexity index is 1290. The van der Waals surface area contributed by atoms with E-state index in [1.807, 2.05) is 45.0 Å². The lowest BCUT2D eigenvalue weighted by molar-refractivity contribution is -0.116. The number of aryl methyl sites for hydroxylation is 2. The maximum absolute atomic E-state index is 10.2. The summed E-state index contributed by atoms with van der Waals surface area (Å²) in [7, 11) is 0. The van der Waals surface area contributed by atoms with E-state index in [9.17, 15) is 9.59 Å². The molecule has 0 saturated heterocycles. The monoisotopic (exact) mass is 573 g/mol. The molecule has 2 N–H and O–H groups in total. The summed E-state index contributed by atoms with van der Waals surface area (Å²) in [6.07, 6.45) is 2.45. The summed E-state index contributed by atoms with van der Waals surface area (Å²) in [6, 6.07) is 7.86. The number of amides is 1. The first-order chi connectivity index (χ1) is 18.3. The van der Waals surface area contributed by atoms with E-state index in [0.29, 0.717) is 18.9 Å². The van der Waals surface area contributed by atoms with Gasteiger partial charge < -0.3 is 15.3 Å². The van der Waals surface area contributed by atoms with Crippen LogP contribution in [-0.4, -0.2) is 44.9 Å². The zero-order valence-corrected chi connectivity index (χ0v) is 25.7. The first-order valence-electron chi connectivity index (χ1n) is 12.9. The molecule has 4 rings (SSSR count). The van der Waals surface area contributed by atoms with Gasteiger partial charge in [-0.25, -0.2) is 0 Å². The third-order valence-electron chi connectivity index (χ3n) is 5.96. The highest BCUT2D eigenvalue weighted by atomic mass is 35.5. The normalized spacial score (nSPS) is 12.2. The molecule has 0 unspecified atom stereocenters. The van der Waals surface area contributed by atoms with Gasteiger partial charge in [0.1, 0.15) is 23.7 Å². The van der Waals surface area contributed by atoms with E-state index in [1.165, 1.54) is 22.9 Å². The number of carbonyl (C=O) groups excluding carboxylic acids is 2. The van der Waals surface area contributed by atoms with Crippen LogP contribution in [-0.2, 0) is 20.9 Å². The van der Waals surface area contributed by atoms with Crippen molar-refractivity contribution in [3.05, 3.63) is 62.5 Å². The number of aldehydes is 1. The molecule has 8 nitrogen and oxygen atoms in total. The molecule has 3 aromatic rings. The number of fused-ring (bicyclic) bond motifs is 3. The standard InChI is InChI=1S/C17H15ClN4S.C10H20O2.C2H5NO/c1-9-10(2)23-17-15(9)16(12-4-6-13(18)7-5-12)19-8-14-21-20-11(3)22(14)17;1-9(2)5-8-12-10(3,4)6-7-11;1-2(3)4/h4-7H,8H2,1-3H3;7,9H,5-6,8H2,1-4H3;1H3,(H2,3,4). The van der Waals surface area contributed by atoms with E-state index in [-0.39, 0.29) is 11.5 Å². The molecule has 0 bridgehead atoms. The average molecular weight is 574 g/mol. The van der Waals surface area contributed by atoms with Gasteiger partial charge in [0.25, 0.3) is 0 Å². The van der Waals surface area contributed by atoms with E-state index in [4.69, 9.17) is 21.3 Å². The van der Waals surface area contributed by atoms with Gasteiger partial charge in [-0.2, -0.15) is 0 Å². The van der Waals surface area contributed by atoms with Crippen LogP contribution in [0.5, 0.6) is 0 Å². The Morgan fingerprint density at radius 3 is 2.38 bits per heavy atom. The lowest BCUT2D eigenvalue weighted by Crippen LogP contribution is -2.25. The molecule has 0 aliphatic carbocycles. The number of nitrogens with two attached hydrogens (primary N) is 1. The molecule has 0 spiro atoms. The second kappa shape index (κ2) is 14.5. The molecule has 3 heterocycles. The topological polar surface area (TPSA) is 112 Å². The first kappa shape index (κ1) is 32.3. The molecule has 0 saturated carbocycles. The first-order valence-corrected chi connectivity index (χ1v) is 14.1. The largest absolute Gasteiger partial charge is 0.375 e. The zero-order valence-electron chi connectivity index (χ0n) is 24.2. The summed E-state index contributed by atoms with van der Waals surface area (Å²) in [5, 5.41) is 10.4. The summed E-state index contributed by atoms with van der Waals surface area (Å²) in [5.41, 5.74) is 8.71. The summed E-state index contributed by atoms with van der Waals surface area (Å²) >= 11 is 7.80. The molecule has 0 fully saturated rings. The Morgan fingerprint density at radius 2 is 1.82 bits per heavy atom. The number of ether oxygens (including phenoxy) is 1. The van der Waals surface area contributed by atoms with Gasteiger partial charge in [0.2, 0.25) is 5.91 Å². The fourth-order valence-corrected chi connectivity index (χ4v) is 5.07. The number of nitrogens with zero attached hydrogens (tertiary/aromatic N) is 4. The van der Waals surface area contributed by atoms with Crippen LogP contribution >= 0.6 is 22.9 Å². The summed E-state index contributed by atoms with van der Waals surface area (Å²) in [6.45, 7) is 17.1. The molecule has 1 aliphatic rings. The highest BCUT2D eigenvalue weighted by Crippen LogP contribution is 2.36. The number of halogens is 1. The summed E-state index contributed by atoms with van der Waals surface area (Å²) in [5.74, 6) is 2.11. The number of hydrogen-bond donors (Lipinski definition) is 1. The van der Waals surface area contributed by atoms with Crippen molar-refractivity contribution in [3.8, 4) is 5.00 Å². The van der Waals surface area contributed by atoms with Gasteiger partial charge in [-0.3, -0.25) is 14.4 Å². The Kier molecular flexibility index (Phi) is 12.0. The number of rotatable bonds is 7. The van der Waals surface area contributed by atoms with E-state index >= 15 is 0 Å². The Hall–Kier alpha value is -2.88. The number of thiophene rings is 1. The van der Waals surface area contributed by atoms with Crippen LogP contribution in [0.25, 0.3) is 5.00 Å². The molecular weight excluding hydrogens is 534 g/mol. The Labute approximate surface area is 240 Å². The lowest BCUT2D eigenvalue weighted by atomic mass is 10.00. The molecule has 1 aliphatic heterocycles. The van der Waals surface area contributed by atoms with Crippen molar-refractivity contribution in [2.75, 3.05) is 6.61 Å². The minimum absolute atomic E-state index is 0.281. The van der Waals surface area contributed by atoms with Crippen molar-refractivity contribution in [2.24, 2.45) is 16.6 Å². The van der Waals surface area contributed by atoms with Gasteiger partial charge in [0, 0.05) is 41.0 Å². The Balaban J connectivity index is 0.000000282. The number of primary amides is 1. The van der Waals surface area contributed by atoms with Crippen molar-refractivity contribution in [3.63, 3.8) is 0 Å². The smallest absolute Gasteiger partial charge is 0.214 e. The maximum Gasteiger partial charge on any atom is 0.214 e. The fourth-order valence-electron chi connectivity index (χ4n) is 3.72. The molecule has 0 radical (unpaired) electrons. The highest BCUT2D eigenvalue weighted by Gasteiger charge is 2.26.